The highest BCUT2D eigenvalue weighted by Crippen LogP contribution is 2.29. The number of halogens is 2. The van der Waals surface area contributed by atoms with Gasteiger partial charge in [-0.15, -0.1) is 10.2 Å². The van der Waals surface area contributed by atoms with Gasteiger partial charge in [-0.1, -0.05) is 42.1 Å². The number of methoxy groups -OCH3 is 1. The van der Waals surface area contributed by atoms with Crippen molar-refractivity contribution in [1.82, 2.24) is 14.8 Å². The minimum atomic E-state index is -0.753. The summed E-state index contributed by atoms with van der Waals surface area (Å²) in [6.45, 7) is 0. The van der Waals surface area contributed by atoms with Gasteiger partial charge in [0.25, 0.3) is 0 Å². The Labute approximate surface area is 146 Å². The fourth-order valence-electron chi connectivity index (χ4n) is 2.20. The van der Waals surface area contributed by atoms with Crippen LogP contribution in [0.5, 0.6) is 0 Å². The van der Waals surface area contributed by atoms with Crippen LogP contribution in [0.15, 0.2) is 53.7 Å². The first kappa shape index (κ1) is 17.1. The highest BCUT2D eigenvalue weighted by atomic mass is 32.2. The largest absolute Gasteiger partial charge is 0.468 e. The van der Waals surface area contributed by atoms with Crippen molar-refractivity contribution in [2.24, 2.45) is 0 Å². The minimum Gasteiger partial charge on any atom is -0.468 e. The molecule has 3 aromatic rings. The molecule has 0 bridgehead atoms. The van der Waals surface area contributed by atoms with E-state index in [2.05, 4.69) is 14.9 Å². The molecule has 8 heteroatoms. The molecule has 1 aromatic heterocycles. The Balaban J connectivity index is 2.11. The molecule has 3 rings (SSSR count). The SMILES string of the molecule is COC(=O)CSc1nnc(-c2ccccc2)n1-c1ccc(F)cc1F. The van der Waals surface area contributed by atoms with E-state index in [1.165, 1.54) is 17.7 Å². The molecule has 0 fully saturated rings. The smallest absolute Gasteiger partial charge is 0.316 e. The molecule has 0 spiro atoms. The van der Waals surface area contributed by atoms with Crippen LogP contribution in [0, 0.1) is 11.6 Å². The van der Waals surface area contributed by atoms with E-state index in [1.54, 1.807) is 12.1 Å². The lowest BCUT2D eigenvalue weighted by Gasteiger charge is -2.11. The lowest BCUT2D eigenvalue weighted by atomic mass is 10.2. The molecule has 0 aliphatic rings. The van der Waals surface area contributed by atoms with Gasteiger partial charge < -0.3 is 4.74 Å². The Morgan fingerprint density at radius 3 is 2.60 bits per heavy atom. The highest BCUT2D eigenvalue weighted by molar-refractivity contribution is 7.99. The quantitative estimate of drug-likeness (QED) is 0.514. The zero-order valence-electron chi connectivity index (χ0n) is 13.1. The molecule has 0 radical (unpaired) electrons. The van der Waals surface area contributed by atoms with Crippen LogP contribution in [0.1, 0.15) is 0 Å². The molecule has 0 aliphatic carbocycles. The van der Waals surface area contributed by atoms with Gasteiger partial charge in [0.15, 0.2) is 11.0 Å². The number of rotatable bonds is 5. The van der Waals surface area contributed by atoms with E-state index in [4.69, 9.17) is 0 Å². The van der Waals surface area contributed by atoms with Crippen molar-refractivity contribution < 1.29 is 18.3 Å². The normalized spacial score (nSPS) is 10.7. The fourth-order valence-corrected chi connectivity index (χ4v) is 2.98. The van der Waals surface area contributed by atoms with Gasteiger partial charge in [-0.05, 0) is 12.1 Å². The summed E-state index contributed by atoms with van der Waals surface area (Å²) < 4.78 is 33.7. The van der Waals surface area contributed by atoms with Crippen LogP contribution >= 0.6 is 11.8 Å². The number of hydrogen-bond donors (Lipinski definition) is 0. The van der Waals surface area contributed by atoms with Crippen LogP contribution in [-0.4, -0.2) is 33.6 Å². The summed E-state index contributed by atoms with van der Waals surface area (Å²) in [6, 6.07) is 12.3. The second kappa shape index (κ2) is 7.43. The van der Waals surface area contributed by atoms with E-state index in [0.717, 1.165) is 23.9 Å². The number of aromatic nitrogens is 3. The van der Waals surface area contributed by atoms with Crippen molar-refractivity contribution in [2.45, 2.75) is 5.16 Å². The molecule has 128 valence electrons. The molecule has 0 unspecified atom stereocenters. The Bertz CT molecular complexity index is 900. The second-order valence-electron chi connectivity index (χ2n) is 4.97. The number of carbonyl (C=O) groups excluding carboxylic acids is 1. The van der Waals surface area contributed by atoms with Crippen molar-refractivity contribution in [3.8, 4) is 17.1 Å². The number of carbonyl (C=O) groups is 1. The number of benzene rings is 2. The molecule has 1 heterocycles. The van der Waals surface area contributed by atoms with E-state index in [9.17, 15) is 13.6 Å². The van der Waals surface area contributed by atoms with Gasteiger partial charge in [-0.2, -0.15) is 0 Å². The minimum absolute atomic E-state index is 0.00770. The molecule has 2 aromatic carbocycles. The number of esters is 1. The maximum Gasteiger partial charge on any atom is 0.316 e. The van der Waals surface area contributed by atoms with E-state index in [-0.39, 0.29) is 11.4 Å². The van der Waals surface area contributed by atoms with Crippen LogP contribution in [0.4, 0.5) is 8.78 Å². The van der Waals surface area contributed by atoms with Crippen molar-refractivity contribution >= 4 is 17.7 Å². The number of thioether (sulfide) groups is 1. The average Bonchev–Trinajstić information content (AvgIpc) is 3.04. The molecular formula is C17H13F2N3O2S. The first-order valence-electron chi connectivity index (χ1n) is 7.26. The third kappa shape index (κ3) is 3.69. The van der Waals surface area contributed by atoms with Crippen LogP contribution in [0.2, 0.25) is 0 Å². The molecule has 0 N–H and O–H groups in total. The summed E-state index contributed by atoms with van der Waals surface area (Å²) in [5.74, 6) is -1.50. The third-order valence-corrected chi connectivity index (χ3v) is 4.27. The van der Waals surface area contributed by atoms with Crippen LogP contribution in [-0.2, 0) is 9.53 Å². The Hall–Kier alpha value is -2.74. The van der Waals surface area contributed by atoms with Crippen molar-refractivity contribution in [1.29, 1.82) is 0 Å². The summed E-state index contributed by atoms with van der Waals surface area (Å²) in [5, 5.41) is 8.46. The zero-order chi connectivity index (χ0) is 17.8. The lowest BCUT2D eigenvalue weighted by molar-refractivity contribution is -0.137. The maximum absolute atomic E-state index is 14.3. The van der Waals surface area contributed by atoms with Crippen LogP contribution < -0.4 is 0 Å². The number of ether oxygens (including phenoxy) is 1. The van der Waals surface area contributed by atoms with E-state index < -0.39 is 17.6 Å². The zero-order valence-corrected chi connectivity index (χ0v) is 14.0. The molecule has 0 aliphatic heterocycles. The summed E-state index contributed by atoms with van der Waals surface area (Å²) >= 11 is 1.06. The molecule has 0 amide bonds. The Kier molecular flexibility index (Phi) is 5.08. The summed E-state index contributed by atoms with van der Waals surface area (Å²) in [7, 11) is 1.28. The Morgan fingerprint density at radius 1 is 1.16 bits per heavy atom. The molecule has 5 nitrogen and oxygen atoms in total. The summed E-state index contributed by atoms with van der Waals surface area (Å²) in [4.78, 5) is 11.4. The molecule has 0 atom stereocenters. The first-order chi connectivity index (χ1) is 12.1. The number of hydrogen-bond acceptors (Lipinski definition) is 5. The standard InChI is InChI=1S/C17H13F2N3O2S/c1-24-15(23)10-25-17-21-20-16(11-5-3-2-4-6-11)22(17)14-8-7-12(18)9-13(14)19/h2-9H,10H2,1H3. The first-order valence-corrected chi connectivity index (χ1v) is 8.24. The van der Waals surface area contributed by atoms with Crippen molar-refractivity contribution in [3.05, 3.63) is 60.2 Å². The van der Waals surface area contributed by atoms with Gasteiger partial charge >= 0.3 is 5.97 Å². The van der Waals surface area contributed by atoms with Crippen molar-refractivity contribution in [3.63, 3.8) is 0 Å². The van der Waals surface area contributed by atoms with Gasteiger partial charge in [0, 0.05) is 11.6 Å². The van der Waals surface area contributed by atoms with Gasteiger partial charge in [-0.3, -0.25) is 9.36 Å². The predicted octanol–water partition coefficient (Wildman–Crippen LogP) is 3.48. The van der Waals surface area contributed by atoms with Gasteiger partial charge in [0.1, 0.15) is 11.6 Å². The maximum atomic E-state index is 14.3. The van der Waals surface area contributed by atoms with Gasteiger partial charge in [0.2, 0.25) is 0 Å². The lowest BCUT2D eigenvalue weighted by Crippen LogP contribution is -2.06. The summed E-state index contributed by atoms with van der Waals surface area (Å²) in [5.41, 5.74) is 0.807. The summed E-state index contributed by atoms with van der Waals surface area (Å²) in [6.07, 6.45) is 0. The van der Waals surface area contributed by atoms with E-state index in [1.807, 2.05) is 18.2 Å². The predicted molar refractivity (Wildman–Crippen MR) is 89.5 cm³/mol. The van der Waals surface area contributed by atoms with E-state index in [0.29, 0.717) is 16.5 Å². The van der Waals surface area contributed by atoms with Gasteiger partial charge in [0.05, 0.1) is 18.6 Å². The molecule has 0 saturated heterocycles. The monoisotopic (exact) mass is 361 g/mol. The topological polar surface area (TPSA) is 57.0 Å². The molecule has 0 saturated carbocycles. The third-order valence-electron chi connectivity index (χ3n) is 3.36. The second-order valence-corrected chi connectivity index (χ2v) is 5.91. The van der Waals surface area contributed by atoms with E-state index >= 15 is 0 Å². The number of nitrogens with zero attached hydrogens (tertiary/aromatic N) is 3. The Morgan fingerprint density at radius 2 is 1.92 bits per heavy atom. The molecular weight excluding hydrogens is 348 g/mol. The van der Waals surface area contributed by atoms with Crippen LogP contribution in [0.25, 0.3) is 17.1 Å². The van der Waals surface area contributed by atoms with Gasteiger partial charge in [-0.25, -0.2) is 8.78 Å². The fraction of sp³-hybridized carbons (Fsp3) is 0.118. The highest BCUT2D eigenvalue weighted by Gasteiger charge is 2.20. The average molecular weight is 361 g/mol. The van der Waals surface area contributed by atoms with Crippen LogP contribution in [0.3, 0.4) is 0 Å². The molecule has 25 heavy (non-hydrogen) atoms. The van der Waals surface area contributed by atoms with Crippen molar-refractivity contribution in [2.75, 3.05) is 12.9 Å².